The zero-order valence-electron chi connectivity index (χ0n) is 32.3. The summed E-state index contributed by atoms with van der Waals surface area (Å²) in [4.78, 5) is 59.1. The average molecular weight is 733 g/mol. The van der Waals surface area contributed by atoms with E-state index in [0.717, 1.165) is 56.1 Å². The van der Waals surface area contributed by atoms with Gasteiger partial charge in [0.1, 0.15) is 23.8 Å². The van der Waals surface area contributed by atoms with E-state index in [0.29, 0.717) is 37.8 Å². The Labute approximate surface area is 313 Å². The summed E-state index contributed by atoms with van der Waals surface area (Å²) >= 11 is 0. The van der Waals surface area contributed by atoms with Gasteiger partial charge in [-0.1, -0.05) is 57.4 Å². The largest absolute Gasteiger partial charge is 0.485 e. The summed E-state index contributed by atoms with van der Waals surface area (Å²) in [6.45, 7) is 13.1. The van der Waals surface area contributed by atoms with Crippen molar-refractivity contribution in [2.24, 2.45) is 23.2 Å². The number of rotatable bonds is 7. The lowest BCUT2D eigenvalue weighted by molar-refractivity contribution is -0.199. The molecular weight excluding hydrogens is 675 g/mol. The van der Waals surface area contributed by atoms with Gasteiger partial charge in [-0.3, -0.25) is 14.5 Å². The lowest BCUT2D eigenvalue weighted by Gasteiger charge is -2.64. The summed E-state index contributed by atoms with van der Waals surface area (Å²) in [6.07, 6.45) is 6.34. The minimum Gasteiger partial charge on any atom is -0.444 e. The summed E-state index contributed by atoms with van der Waals surface area (Å²) in [5.74, 6) is 0.225. The van der Waals surface area contributed by atoms with Crippen LogP contribution in [0.3, 0.4) is 0 Å². The Kier molecular flexibility index (Phi) is 9.11. The highest BCUT2D eigenvalue weighted by molar-refractivity contribution is 6.51. The molecule has 4 amide bonds. The van der Waals surface area contributed by atoms with Gasteiger partial charge in [0.25, 0.3) is 0 Å². The number of likely N-dealkylation sites (tertiary alicyclic amines) is 1. The van der Waals surface area contributed by atoms with Crippen molar-refractivity contribution in [1.82, 2.24) is 20.4 Å². The van der Waals surface area contributed by atoms with Crippen LogP contribution >= 0.6 is 0 Å². The summed E-state index contributed by atoms with van der Waals surface area (Å²) in [5.41, 5.74) is 0.508. The fraction of sp³-hybridized carbons (Fsp3) is 0.750. The lowest BCUT2D eigenvalue weighted by Crippen LogP contribution is -2.65. The van der Waals surface area contributed by atoms with Crippen LogP contribution in [0.2, 0.25) is 0 Å². The molecule has 53 heavy (non-hydrogen) atoms. The van der Waals surface area contributed by atoms with Crippen LogP contribution in [0, 0.1) is 23.2 Å². The number of nitrogens with zero attached hydrogens (tertiary/aromatic N) is 2. The summed E-state index contributed by atoms with van der Waals surface area (Å²) in [5, 5.41) is 6.20. The summed E-state index contributed by atoms with van der Waals surface area (Å²) < 4.78 is 25.1. The van der Waals surface area contributed by atoms with Crippen molar-refractivity contribution in [2.75, 3.05) is 6.54 Å². The first-order valence-electron chi connectivity index (χ1n) is 20.0. The van der Waals surface area contributed by atoms with Crippen molar-refractivity contribution in [2.45, 2.75) is 160 Å². The van der Waals surface area contributed by atoms with Gasteiger partial charge in [0.2, 0.25) is 11.8 Å². The second kappa shape index (κ2) is 13.2. The number of hydrogen-bond acceptors (Lipinski definition) is 8. The van der Waals surface area contributed by atoms with Gasteiger partial charge in [-0.2, -0.15) is 0 Å². The van der Waals surface area contributed by atoms with Crippen LogP contribution in [0.4, 0.5) is 9.59 Å². The molecule has 13 heteroatoms. The van der Waals surface area contributed by atoms with Gasteiger partial charge in [0.05, 0.1) is 23.7 Å². The van der Waals surface area contributed by atoms with Crippen LogP contribution in [0.5, 0.6) is 0 Å². The minimum absolute atomic E-state index is 0.0149. The number of carbonyl (C=O) groups is 4. The van der Waals surface area contributed by atoms with Gasteiger partial charge in [0.15, 0.2) is 0 Å². The van der Waals surface area contributed by atoms with Gasteiger partial charge < -0.3 is 34.3 Å². The van der Waals surface area contributed by atoms with Gasteiger partial charge in [-0.25, -0.2) is 9.59 Å². The molecule has 3 heterocycles. The molecule has 8 aliphatic rings. The van der Waals surface area contributed by atoms with Crippen LogP contribution < -0.4 is 10.6 Å². The molecule has 288 valence electrons. The van der Waals surface area contributed by atoms with E-state index in [-0.39, 0.29) is 42.2 Å². The smallest absolute Gasteiger partial charge is 0.444 e. The highest BCUT2D eigenvalue weighted by atomic mass is 16.7. The normalized spacial score (nSPS) is 32.9. The predicted octanol–water partition coefficient (Wildman–Crippen LogP) is 5.50. The van der Waals surface area contributed by atoms with Crippen molar-refractivity contribution in [1.29, 1.82) is 0 Å². The van der Waals surface area contributed by atoms with E-state index in [1.807, 2.05) is 24.3 Å². The molecule has 1 aromatic carbocycles. The first-order valence-corrected chi connectivity index (χ1v) is 20.0. The number of ether oxygens (including phenoxy) is 2. The van der Waals surface area contributed by atoms with Gasteiger partial charge in [-0.15, -0.1) is 0 Å². The zero-order chi connectivity index (χ0) is 37.5. The highest BCUT2D eigenvalue weighted by Crippen LogP contribution is 2.66. The van der Waals surface area contributed by atoms with E-state index in [1.54, 1.807) is 25.7 Å². The molecule has 5 saturated carbocycles. The first kappa shape index (κ1) is 36.7. The maximum atomic E-state index is 14.7. The van der Waals surface area contributed by atoms with Crippen molar-refractivity contribution in [3.05, 3.63) is 35.4 Å². The molecular formula is C40H57BN4O8. The van der Waals surface area contributed by atoms with E-state index >= 15 is 0 Å². The van der Waals surface area contributed by atoms with Gasteiger partial charge in [0, 0.05) is 19.5 Å². The fourth-order valence-electron chi connectivity index (χ4n) is 10.5. The van der Waals surface area contributed by atoms with Crippen LogP contribution in [0.25, 0.3) is 0 Å². The Bertz CT molecular complexity index is 1610. The fourth-order valence-corrected chi connectivity index (χ4v) is 10.5. The molecule has 0 spiro atoms. The Balaban J connectivity index is 1.01. The topological polar surface area (TPSA) is 136 Å². The standard InChI is InChI=1S/C40H57BN4O8/c1-37(2,3)51-35(48)42-32(24-12-8-7-9-13-24)34(47)45-23-28(50-36(49)44-21-25-14-10-11-15-26(25)22-44)20-29(45)33(46)43-40(16-17-40)41-52-31-19-27-18-30(38(27,4)5)39(31,6)53-41/h10-11,14-15,24,27-32H,7-9,12-13,16-23H2,1-6H3,(H,42,48)(H,43,46)/t27-,28+,29-,30-,31+,32-,39-/m0/s1. The Morgan fingerprint density at radius 2 is 1.64 bits per heavy atom. The molecule has 0 unspecified atom stereocenters. The number of nitrogens with one attached hydrogen (secondary N) is 2. The van der Waals surface area contributed by atoms with Crippen molar-refractivity contribution < 1.29 is 38.0 Å². The van der Waals surface area contributed by atoms with Crippen molar-refractivity contribution in [3.63, 3.8) is 0 Å². The van der Waals surface area contributed by atoms with E-state index < -0.39 is 54.1 Å². The third-order valence-electron chi connectivity index (χ3n) is 13.8. The number of hydrogen-bond donors (Lipinski definition) is 2. The monoisotopic (exact) mass is 732 g/mol. The number of carbonyl (C=O) groups excluding carboxylic acids is 4. The Morgan fingerprint density at radius 3 is 2.26 bits per heavy atom. The number of alkyl carbamates (subject to hydrolysis) is 1. The maximum absolute atomic E-state index is 14.7. The molecule has 3 aliphatic heterocycles. The first-order chi connectivity index (χ1) is 25.1. The molecule has 0 aromatic heterocycles. The van der Waals surface area contributed by atoms with Crippen molar-refractivity contribution >= 4 is 31.1 Å². The minimum atomic E-state index is -0.911. The van der Waals surface area contributed by atoms with Crippen LogP contribution in [-0.2, 0) is 41.5 Å². The van der Waals surface area contributed by atoms with Crippen molar-refractivity contribution in [3.8, 4) is 0 Å². The molecule has 7 fully saturated rings. The molecule has 7 atom stereocenters. The van der Waals surface area contributed by atoms with Gasteiger partial charge in [-0.05, 0) is 101 Å². The molecule has 9 rings (SSSR count). The zero-order valence-corrected chi connectivity index (χ0v) is 32.3. The quantitative estimate of drug-likeness (QED) is 0.351. The Morgan fingerprint density at radius 1 is 0.962 bits per heavy atom. The van der Waals surface area contributed by atoms with E-state index in [9.17, 15) is 19.2 Å². The van der Waals surface area contributed by atoms with Crippen LogP contribution in [0.1, 0.15) is 117 Å². The lowest BCUT2D eigenvalue weighted by atomic mass is 9.43. The van der Waals surface area contributed by atoms with E-state index in [4.69, 9.17) is 18.8 Å². The SMILES string of the molecule is CC(C)(C)OC(=O)N[C@H](C(=O)N1C[C@H](OC(=O)N2Cc3ccccc3C2)C[C@H]1C(=O)NC1(B2O[C@@H]3C[C@@H]4C[C@@H](C4(C)C)[C@]3(C)O2)CC1)C1CCCCC1. The summed E-state index contributed by atoms with van der Waals surface area (Å²) in [6, 6.07) is 6.14. The molecule has 2 N–H and O–H groups in total. The molecule has 2 saturated heterocycles. The molecule has 1 aromatic rings. The van der Waals surface area contributed by atoms with Crippen LogP contribution in [-0.4, -0.2) is 88.4 Å². The van der Waals surface area contributed by atoms with E-state index in [1.165, 1.54) is 4.90 Å². The maximum Gasteiger partial charge on any atom is 0.485 e. The average Bonchev–Trinajstić information content (AvgIpc) is 3.41. The van der Waals surface area contributed by atoms with Crippen LogP contribution in [0.15, 0.2) is 24.3 Å². The molecule has 2 bridgehead atoms. The number of amides is 4. The second-order valence-electron chi connectivity index (χ2n) is 18.8. The predicted molar refractivity (Wildman–Crippen MR) is 196 cm³/mol. The third-order valence-corrected chi connectivity index (χ3v) is 13.8. The highest BCUT2D eigenvalue weighted by Gasteiger charge is 2.72. The van der Waals surface area contributed by atoms with E-state index in [2.05, 4.69) is 31.4 Å². The number of benzene rings is 1. The van der Waals surface area contributed by atoms with Gasteiger partial charge >= 0.3 is 19.3 Å². The number of fused-ring (bicyclic) bond motifs is 1. The Hall–Kier alpha value is -3.32. The second-order valence-corrected chi connectivity index (χ2v) is 18.8. The third kappa shape index (κ3) is 6.72. The molecule has 0 radical (unpaired) electrons. The molecule has 5 aliphatic carbocycles. The molecule has 12 nitrogen and oxygen atoms in total. The summed E-state index contributed by atoms with van der Waals surface area (Å²) in [7, 11) is -0.573.